The summed E-state index contributed by atoms with van der Waals surface area (Å²) in [7, 11) is 3.65. The quantitative estimate of drug-likeness (QED) is 0.124. The Hall–Kier alpha value is -5.64. The summed E-state index contributed by atoms with van der Waals surface area (Å²) in [5, 5.41) is 19.5. The zero-order chi connectivity index (χ0) is 42.0. The molecular formula is C42H41Cl4FN10O3. The Morgan fingerprint density at radius 1 is 0.750 bits per heavy atom. The molecular weight excluding hydrogens is 853 g/mol. The van der Waals surface area contributed by atoms with Gasteiger partial charge in [0, 0.05) is 76.5 Å². The van der Waals surface area contributed by atoms with E-state index in [1.807, 2.05) is 20.0 Å². The molecule has 13 nitrogen and oxygen atoms in total. The lowest BCUT2D eigenvalue weighted by atomic mass is 10.1. The molecule has 312 valence electrons. The smallest absolute Gasteiger partial charge is 0.258 e. The summed E-state index contributed by atoms with van der Waals surface area (Å²) in [6.07, 6.45) is 4.55. The number of carbonyl (C=O) groups is 3. The molecule has 0 spiro atoms. The number of halogens is 5. The van der Waals surface area contributed by atoms with Crippen molar-refractivity contribution < 1.29 is 18.8 Å². The van der Waals surface area contributed by atoms with E-state index in [0.29, 0.717) is 57.1 Å². The fraction of sp³-hybridized carbons (Fsp3) is 0.214. The van der Waals surface area contributed by atoms with Crippen LogP contribution in [0.1, 0.15) is 62.7 Å². The summed E-state index contributed by atoms with van der Waals surface area (Å²) in [6.45, 7) is 2.94. The number of hydrogen-bond acceptors (Lipinski definition) is 8. The lowest BCUT2D eigenvalue weighted by Gasteiger charge is -2.23. The van der Waals surface area contributed by atoms with Crippen LogP contribution in [-0.4, -0.2) is 37.3 Å². The van der Waals surface area contributed by atoms with Gasteiger partial charge < -0.3 is 31.5 Å². The number of benzene rings is 4. The third-order valence-corrected chi connectivity index (χ3v) is 10.8. The molecule has 0 unspecified atom stereocenters. The molecule has 4 heterocycles. The molecule has 4 aromatic carbocycles. The van der Waals surface area contributed by atoms with Gasteiger partial charge in [0.2, 0.25) is 5.91 Å². The van der Waals surface area contributed by atoms with Crippen LogP contribution in [0.4, 0.5) is 38.8 Å². The molecule has 2 aliphatic heterocycles. The molecule has 18 heteroatoms. The van der Waals surface area contributed by atoms with Gasteiger partial charge in [0.1, 0.15) is 17.5 Å². The van der Waals surface area contributed by atoms with Gasteiger partial charge in [0.25, 0.3) is 11.8 Å². The van der Waals surface area contributed by atoms with E-state index in [1.54, 1.807) is 93.2 Å². The summed E-state index contributed by atoms with van der Waals surface area (Å²) in [5.41, 5.74) is 12.0. The first kappa shape index (κ1) is 43.9. The maximum Gasteiger partial charge on any atom is 0.258 e. The standard InChI is InChI=1S/C23H23ClFN5O2.C19H17Cl2N5O.ClH/c1-3-4-21(31)26-11-15-6-5-14(9-18(15)25)23(32)30-13-16-12-27-29(2)22(16)28-19-10-17(24)7-8-20(19)30;1-25-18-13(9-23-25)10-26(17-5-4-14(20)7-16(17)24-18)19(27)11-2-3-12(8-22)15(21)6-11;/h5-10,12,28H,3-4,11,13H2,1-2H3,(H,26,31);2-7,9,24H,8,10,22H2,1H3;1H. The van der Waals surface area contributed by atoms with Crippen LogP contribution in [0.3, 0.4) is 0 Å². The highest BCUT2D eigenvalue weighted by atomic mass is 35.5. The highest BCUT2D eigenvalue weighted by molar-refractivity contribution is 6.32. The first-order chi connectivity index (χ1) is 28.3. The van der Waals surface area contributed by atoms with Gasteiger partial charge in [-0.15, -0.1) is 12.4 Å². The highest BCUT2D eigenvalue weighted by Crippen LogP contribution is 2.39. The predicted molar refractivity (Wildman–Crippen MR) is 237 cm³/mol. The Morgan fingerprint density at radius 3 is 1.72 bits per heavy atom. The number of aryl methyl sites for hydroxylation is 2. The summed E-state index contributed by atoms with van der Waals surface area (Å²) in [6, 6.07) is 20.1. The third kappa shape index (κ3) is 9.23. The molecule has 0 aliphatic carbocycles. The van der Waals surface area contributed by atoms with Crippen LogP contribution >= 0.6 is 47.2 Å². The Morgan fingerprint density at radius 2 is 1.25 bits per heavy atom. The number of hydrogen-bond donors (Lipinski definition) is 4. The van der Waals surface area contributed by atoms with E-state index < -0.39 is 5.82 Å². The van der Waals surface area contributed by atoms with E-state index in [4.69, 9.17) is 40.5 Å². The second kappa shape index (κ2) is 18.7. The van der Waals surface area contributed by atoms with Crippen molar-refractivity contribution >= 4 is 99.3 Å². The van der Waals surface area contributed by atoms with Gasteiger partial charge in [-0.05, 0) is 72.6 Å². The number of nitrogens with one attached hydrogen (secondary N) is 3. The number of rotatable bonds is 7. The third-order valence-electron chi connectivity index (χ3n) is 9.95. The molecule has 5 N–H and O–H groups in total. The van der Waals surface area contributed by atoms with E-state index in [1.165, 1.54) is 12.1 Å². The normalized spacial score (nSPS) is 12.4. The topological polar surface area (TPSA) is 155 Å². The fourth-order valence-electron chi connectivity index (χ4n) is 6.83. The van der Waals surface area contributed by atoms with Crippen LogP contribution in [0, 0.1) is 5.82 Å². The van der Waals surface area contributed by atoms with Crippen molar-refractivity contribution in [2.75, 3.05) is 20.4 Å². The van der Waals surface area contributed by atoms with E-state index in [-0.39, 0.29) is 48.8 Å². The second-order valence-electron chi connectivity index (χ2n) is 14.0. The van der Waals surface area contributed by atoms with Gasteiger partial charge in [0.05, 0.1) is 48.2 Å². The minimum atomic E-state index is -0.543. The SMILES string of the molecule is CCCC(=O)NCc1ccc(C(=O)N2Cc3cnn(C)c3Nc3cc(Cl)ccc32)cc1F.Cl.Cn1ncc2c1Nc1cc(Cl)ccc1N(C(=O)c1ccc(CN)c(Cl)c1)C2. The minimum Gasteiger partial charge on any atom is -0.352 e. The van der Waals surface area contributed by atoms with Crippen molar-refractivity contribution in [3.63, 3.8) is 0 Å². The van der Waals surface area contributed by atoms with Crippen molar-refractivity contribution in [3.05, 3.63) is 139 Å². The zero-order valence-electron chi connectivity index (χ0n) is 32.7. The maximum atomic E-state index is 14.7. The molecule has 8 rings (SSSR count). The van der Waals surface area contributed by atoms with Crippen LogP contribution in [0.25, 0.3) is 0 Å². The van der Waals surface area contributed by atoms with Gasteiger partial charge in [-0.2, -0.15) is 10.2 Å². The number of aromatic nitrogens is 4. The van der Waals surface area contributed by atoms with Crippen LogP contribution < -0.4 is 31.5 Å². The summed E-state index contributed by atoms with van der Waals surface area (Å²) < 4.78 is 18.1. The van der Waals surface area contributed by atoms with Crippen LogP contribution in [-0.2, 0) is 45.1 Å². The van der Waals surface area contributed by atoms with Crippen LogP contribution in [0.2, 0.25) is 15.1 Å². The number of nitrogens with zero attached hydrogens (tertiary/aromatic N) is 6. The average Bonchev–Trinajstić information content (AvgIpc) is 3.61. The fourth-order valence-corrected chi connectivity index (χ4v) is 7.43. The Balaban J connectivity index is 0.000000200. The molecule has 60 heavy (non-hydrogen) atoms. The molecule has 2 aromatic heterocycles. The number of nitrogens with two attached hydrogens (primary N) is 1. The van der Waals surface area contributed by atoms with E-state index in [9.17, 15) is 18.8 Å². The Kier molecular flexibility index (Phi) is 13.7. The van der Waals surface area contributed by atoms with E-state index in [2.05, 4.69) is 26.1 Å². The maximum absolute atomic E-state index is 14.7. The molecule has 0 atom stereocenters. The molecule has 3 amide bonds. The van der Waals surface area contributed by atoms with Crippen molar-refractivity contribution in [1.29, 1.82) is 0 Å². The number of carbonyl (C=O) groups excluding carboxylic acids is 3. The zero-order valence-corrected chi connectivity index (χ0v) is 35.8. The predicted octanol–water partition coefficient (Wildman–Crippen LogP) is 9.04. The van der Waals surface area contributed by atoms with Crippen LogP contribution in [0.5, 0.6) is 0 Å². The largest absolute Gasteiger partial charge is 0.352 e. The van der Waals surface area contributed by atoms with E-state index >= 15 is 0 Å². The number of fused-ring (bicyclic) bond motifs is 4. The van der Waals surface area contributed by atoms with Gasteiger partial charge in [-0.3, -0.25) is 23.7 Å². The Labute approximate surface area is 367 Å². The van der Waals surface area contributed by atoms with Crippen molar-refractivity contribution in [1.82, 2.24) is 24.9 Å². The molecule has 0 radical (unpaired) electrons. The minimum absolute atomic E-state index is 0. The van der Waals surface area contributed by atoms with Gasteiger partial charge in [-0.25, -0.2) is 4.39 Å². The van der Waals surface area contributed by atoms with Gasteiger partial charge >= 0.3 is 0 Å². The number of amides is 3. The first-order valence-corrected chi connectivity index (χ1v) is 19.8. The first-order valence-electron chi connectivity index (χ1n) is 18.7. The molecule has 0 saturated carbocycles. The van der Waals surface area contributed by atoms with Crippen LogP contribution in [0.15, 0.2) is 85.2 Å². The summed E-state index contributed by atoms with van der Waals surface area (Å²) >= 11 is 18.6. The van der Waals surface area contributed by atoms with Gasteiger partial charge in [0.15, 0.2) is 0 Å². The molecule has 0 bridgehead atoms. The van der Waals surface area contributed by atoms with Crippen molar-refractivity contribution in [2.24, 2.45) is 19.8 Å². The second-order valence-corrected chi connectivity index (χ2v) is 15.3. The summed E-state index contributed by atoms with van der Waals surface area (Å²) in [4.78, 5) is 41.7. The highest BCUT2D eigenvalue weighted by Gasteiger charge is 2.29. The molecule has 6 aromatic rings. The Bertz CT molecular complexity index is 2600. The number of anilines is 6. The van der Waals surface area contributed by atoms with Gasteiger partial charge in [-0.1, -0.05) is 53.9 Å². The average molecular weight is 895 g/mol. The lowest BCUT2D eigenvalue weighted by molar-refractivity contribution is -0.121. The molecule has 2 aliphatic rings. The van der Waals surface area contributed by atoms with E-state index in [0.717, 1.165) is 46.1 Å². The lowest BCUT2D eigenvalue weighted by Crippen LogP contribution is -2.30. The van der Waals surface area contributed by atoms with Crippen molar-refractivity contribution in [2.45, 2.75) is 45.9 Å². The summed E-state index contributed by atoms with van der Waals surface area (Å²) in [5.74, 6) is 0.388. The monoisotopic (exact) mass is 892 g/mol. The molecule has 0 fully saturated rings. The molecule has 0 saturated heterocycles. The van der Waals surface area contributed by atoms with Crippen molar-refractivity contribution in [3.8, 4) is 0 Å².